The molecule has 4 heterocycles. The van der Waals surface area contributed by atoms with Crippen LogP contribution in [0.5, 0.6) is 0 Å². The van der Waals surface area contributed by atoms with E-state index in [1.54, 1.807) is 29.9 Å². The SMILES string of the molecule is c1ccc(Nc2nc(C3CCCN3c3ncccn3)cs2)nc1. The van der Waals surface area contributed by atoms with E-state index in [4.69, 9.17) is 4.98 Å². The molecule has 3 aromatic heterocycles. The Bertz CT molecular complexity index is 761. The van der Waals surface area contributed by atoms with E-state index in [0.29, 0.717) is 0 Å². The van der Waals surface area contributed by atoms with Crippen LogP contribution >= 0.6 is 11.3 Å². The number of pyridine rings is 1. The van der Waals surface area contributed by atoms with E-state index in [1.807, 2.05) is 24.3 Å². The Kier molecular flexibility index (Phi) is 3.85. The fourth-order valence-electron chi connectivity index (χ4n) is 2.80. The predicted octanol–water partition coefficient (Wildman–Crippen LogP) is 3.41. The molecule has 1 aliphatic rings. The summed E-state index contributed by atoms with van der Waals surface area (Å²) in [5.74, 6) is 1.59. The number of anilines is 3. The minimum absolute atomic E-state index is 0.243. The molecule has 0 saturated carbocycles. The van der Waals surface area contributed by atoms with Crippen molar-refractivity contribution in [2.75, 3.05) is 16.8 Å². The number of hydrogen-bond acceptors (Lipinski definition) is 7. The first-order valence-corrected chi connectivity index (χ1v) is 8.45. The fourth-order valence-corrected chi connectivity index (χ4v) is 3.56. The summed E-state index contributed by atoms with van der Waals surface area (Å²) >= 11 is 1.60. The maximum atomic E-state index is 4.73. The van der Waals surface area contributed by atoms with Crippen molar-refractivity contribution in [3.8, 4) is 0 Å². The van der Waals surface area contributed by atoms with E-state index < -0.39 is 0 Å². The Labute approximate surface area is 138 Å². The highest BCUT2D eigenvalue weighted by molar-refractivity contribution is 7.13. The molecule has 1 aliphatic heterocycles. The molecule has 0 spiro atoms. The van der Waals surface area contributed by atoms with Gasteiger partial charge in [-0.15, -0.1) is 11.3 Å². The van der Waals surface area contributed by atoms with Crippen molar-refractivity contribution in [3.05, 3.63) is 53.9 Å². The highest BCUT2D eigenvalue weighted by Crippen LogP contribution is 2.35. The predicted molar refractivity (Wildman–Crippen MR) is 91.0 cm³/mol. The lowest BCUT2D eigenvalue weighted by Crippen LogP contribution is -2.24. The first kappa shape index (κ1) is 14.1. The van der Waals surface area contributed by atoms with Crippen LogP contribution in [0.4, 0.5) is 16.9 Å². The van der Waals surface area contributed by atoms with Crippen LogP contribution in [0.1, 0.15) is 24.6 Å². The van der Waals surface area contributed by atoms with Crippen LogP contribution < -0.4 is 10.2 Å². The van der Waals surface area contributed by atoms with E-state index in [-0.39, 0.29) is 6.04 Å². The lowest BCUT2D eigenvalue weighted by atomic mass is 10.2. The van der Waals surface area contributed by atoms with Gasteiger partial charge in [0.25, 0.3) is 0 Å². The van der Waals surface area contributed by atoms with Gasteiger partial charge in [-0.25, -0.2) is 19.9 Å². The highest BCUT2D eigenvalue weighted by atomic mass is 32.1. The number of aromatic nitrogens is 4. The van der Waals surface area contributed by atoms with Crippen LogP contribution in [-0.4, -0.2) is 26.5 Å². The average Bonchev–Trinajstić information content (AvgIpc) is 3.25. The standard InChI is InChI=1S/C16H16N6S/c1-2-7-17-14(6-1)21-16-20-12(11-23-16)13-5-3-10-22(13)15-18-8-4-9-19-15/h1-2,4,6-9,11,13H,3,5,10H2,(H,17,20,21). The topological polar surface area (TPSA) is 66.8 Å². The molecule has 1 fully saturated rings. The summed E-state index contributed by atoms with van der Waals surface area (Å²) in [6.07, 6.45) is 7.54. The second-order valence-corrected chi connectivity index (χ2v) is 6.18. The van der Waals surface area contributed by atoms with Gasteiger partial charge in [0.05, 0.1) is 11.7 Å². The van der Waals surface area contributed by atoms with E-state index in [1.165, 1.54) is 0 Å². The van der Waals surface area contributed by atoms with Gasteiger partial charge >= 0.3 is 0 Å². The first-order chi connectivity index (χ1) is 11.4. The minimum Gasteiger partial charge on any atom is -0.332 e. The van der Waals surface area contributed by atoms with Crippen molar-refractivity contribution in [2.45, 2.75) is 18.9 Å². The first-order valence-electron chi connectivity index (χ1n) is 7.57. The number of nitrogens with one attached hydrogen (secondary N) is 1. The smallest absolute Gasteiger partial charge is 0.225 e. The van der Waals surface area contributed by atoms with E-state index in [9.17, 15) is 0 Å². The Morgan fingerprint density at radius 1 is 1.09 bits per heavy atom. The van der Waals surface area contributed by atoms with Gasteiger partial charge in [-0.2, -0.15) is 0 Å². The second kappa shape index (κ2) is 6.29. The highest BCUT2D eigenvalue weighted by Gasteiger charge is 2.29. The molecule has 1 N–H and O–H groups in total. The third-order valence-electron chi connectivity index (χ3n) is 3.83. The number of hydrogen-bond donors (Lipinski definition) is 1. The molecule has 6 nitrogen and oxygen atoms in total. The van der Waals surface area contributed by atoms with Gasteiger partial charge in [0.2, 0.25) is 5.95 Å². The van der Waals surface area contributed by atoms with Gasteiger partial charge in [0.15, 0.2) is 5.13 Å². The van der Waals surface area contributed by atoms with Gasteiger partial charge in [0.1, 0.15) is 5.82 Å². The summed E-state index contributed by atoms with van der Waals surface area (Å²) in [5, 5.41) is 6.22. The van der Waals surface area contributed by atoms with Crippen molar-refractivity contribution in [1.29, 1.82) is 0 Å². The normalized spacial score (nSPS) is 17.4. The molecular formula is C16H16N6S. The van der Waals surface area contributed by atoms with Gasteiger partial charge < -0.3 is 10.2 Å². The zero-order chi connectivity index (χ0) is 15.5. The molecule has 1 saturated heterocycles. The molecule has 0 amide bonds. The minimum atomic E-state index is 0.243. The Balaban J connectivity index is 1.54. The molecule has 23 heavy (non-hydrogen) atoms. The monoisotopic (exact) mass is 324 g/mol. The number of rotatable bonds is 4. The second-order valence-electron chi connectivity index (χ2n) is 5.32. The molecular weight excluding hydrogens is 308 g/mol. The molecule has 3 aromatic rings. The van der Waals surface area contributed by atoms with E-state index >= 15 is 0 Å². The van der Waals surface area contributed by atoms with Crippen molar-refractivity contribution >= 4 is 28.2 Å². The van der Waals surface area contributed by atoms with Gasteiger partial charge in [-0.1, -0.05) is 6.07 Å². The van der Waals surface area contributed by atoms with Crippen molar-refractivity contribution in [3.63, 3.8) is 0 Å². The largest absolute Gasteiger partial charge is 0.332 e. The number of thiazole rings is 1. The van der Waals surface area contributed by atoms with Gasteiger partial charge in [-0.3, -0.25) is 0 Å². The molecule has 7 heteroatoms. The maximum Gasteiger partial charge on any atom is 0.225 e. The zero-order valence-electron chi connectivity index (χ0n) is 12.5. The summed E-state index contributed by atoms with van der Waals surface area (Å²) in [5.41, 5.74) is 1.07. The Morgan fingerprint density at radius 3 is 2.78 bits per heavy atom. The van der Waals surface area contributed by atoms with Crippen LogP contribution in [0.25, 0.3) is 0 Å². The van der Waals surface area contributed by atoms with E-state index in [2.05, 4.69) is 30.5 Å². The molecule has 4 rings (SSSR count). The summed E-state index contributed by atoms with van der Waals surface area (Å²) in [6.45, 7) is 0.967. The van der Waals surface area contributed by atoms with Crippen LogP contribution in [-0.2, 0) is 0 Å². The molecule has 0 aliphatic carbocycles. The van der Waals surface area contributed by atoms with Crippen molar-refractivity contribution in [1.82, 2.24) is 19.9 Å². The fraction of sp³-hybridized carbons (Fsp3) is 0.250. The molecule has 1 atom stereocenters. The summed E-state index contributed by atoms with van der Waals surface area (Å²) < 4.78 is 0. The van der Waals surface area contributed by atoms with Crippen LogP contribution in [0.3, 0.4) is 0 Å². The molecule has 0 aromatic carbocycles. The van der Waals surface area contributed by atoms with Gasteiger partial charge in [-0.05, 0) is 31.0 Å². The third kappa shape index (κ3) is 3.00. The molecule has 116 valence electrons. The number of nitrogens with zero attached hydrogens (tertiary/aromatic N) is 5. The average molecular weight is 324 g/mol. The van der Waals surface area contributed by atoms with Crippen LogP contribution in [0, 0.1) is 0 Å². The molecule has 0 radical (unpaired) electrons. The Morgan fingerprint density at radius 2 is 1.96 bits per heavy atom. The van der Waals surface area contributed by atoms with Crippen molar-refractivity contribution < 1.29 is 0 Å². The van der Waals surface area contributed by atoms with E-state index in [0.717, 1.165) is 42.0 Å². The van der Waals surface area contributed by atoms with Crippen LogP contribution in [0.15, 0.2) is 48.2 Å². The Hall–Kier alpha value is -2.54. The molecule has 1 unspecified atom stereocenters. The summed E-state index contributed by atoms with van der Waals surface area (Å²) in [7, 11) is 0. The zero-order valence-corrected chi connectivity index (χ0v) is 13.3. The third-order valence-corrected chi connectivity index (χ3v) is 4.60. The van der Waals surface area contributed by atoms with Crippen molar-refractivity contribution in [2.24, 2.45) is 0 Å². The maximum absolute atomic E-state index is 4.73. The summed E-state index contributed by atoms with van der Waals surface area (Å²) in [4.78, 5) is 20.0. The summed E-state index contributed by atoms with van der Waals surface area (Å²) in [6, 6.07) is 7.87. The van der Waals surface area contributed by atoms with Gasteiger partial charge in [0, 0.05) is 30.5 Å². The molecule has 0 bridgehead atoms. The lowest BCUT2D eigenvalue weighted by Gasteiger charge is -2.22. The van der Waals surface area contributed by atoms with Crippen LogP contribution in [0.2, 0.25) is 0 Å². The lowest BCUT2D eigenvalue weighted by molar-refractivity contribution is 0.685. The quantitative estimate of drug-likeness (QED) is 0.793.